The van der Waals surface area contributed by atoms with Crippen LogP contribution in [-0.4, -0.2) is 49.4 Å². The van der Waals surface area contributed by atoms with Crippen molar-refractivity contribution in [1.29, 1.82) is 5.41 Å². The molecule has 356 valence electrons. The van der Waals surface area contributed by atoms with Crippen molar-refractivity contribution >= 4 is 17.5 Å². The minimum absolute atomic E-state index is 0.0103. The predicted molar refractivity (Wildman–Crippen MR) is 264 cm³/mol. The minimum atomic E-state index is -0.0807. The van der Waals surface area contributed by atoms with Crippen LogP contribution in [0.1, 0.15) is 228 Å². The Morgan fingerprint density at radius 2 is 1.65 bits per heavy atom. The Labute approximate surface area is 380 Å². The molecular formula is C52H95N7O3. The van der Waals surface area contributed by atoms with Crippen molar-refractivity contribution in [1.82, 2.24) is 30.4 Å². The summed E-state index contributed by atoms with van der Waals surface area (Å²) in [6, 6.07) is 1.73. The highest BCUT2D eigenvalue weighted by atomic mass is 16.5. The zero-order valence-electron chi connectivity index (χ0n) is 42.8. The number of nitrogens with zero attached hydrogens (tertiary/aromatic N) is 3. The van der Waals surface area contributed by atoms with Gasteiger partial charge in [0.25, 0.3) is 5.91 Å². The number of piperidine rings is 1. The van der Waals surface area contributed by atoms with Gasteiger partial charge in [-0.2, -0.15) is 5.10 Å². The molecule has 2 aromatic rings. The van der Waals surface area contributed by atoms with Crippen LogP contribution in [0.5, 0.6) is 0 Å². The average molecular weight is 866 g/mol. The molecule has 3 atom stereocenters. The molecule has 5 rings (SSSR count). The van der Waals surface area contributed by atoms with Gasteiger partial charge < -0.3 is 25.8 Å². The summed E-state index contributed by atoms with van der Waals surface area (Å²) in [5.41, 5.74) is 5.47. The van der Waals surface area contributed by atoms with Crippen LogP contribution in [0, 0.1) is 35.5 Å². The number of hydrogen-bond acceptors (Lipinski definition) is 6. The Morgan fingerprint density at radius 1 is 1.03 bits per heavy atom. The van der Waals surface area contributed by atoms with Crippen LogP contribution >= 0.6 is 0 Å². The van der Waals surface area contributed by atoms with Gasteiger partial charge in [-0.1, -0.05) is 106 Å². The number of aromatic amines is 1. The van der Waals surface area contributed by atoms with E-state index >= 15 is 0 Å². The molecule has 2 aromatic heterocycles. The quantitative estimate of drug-likeness (QED) is 0.117. The first kappa shape index (κ1) is 58.3. The van der Waals surface area contributed by atoms with Crippen molar-refractivity contribution < 1.29 is 14.3 Å². The maximum Gasteiger partial charge on any atom is 0.270 e. The van der Waals surface area contributed by atoms with E-state index in [1.54, 1.807) is 24.0 Å². The fourth-order valence-electron chi connectivity index (χ4n) is 7.44. The molecule has 0 bridgehead atoms. The number of rotatable bonds is 13. The van der Waals surface area contributed by atoms with Gasteiger partial charge in [0.2, 0.25) is 5.91 Å². The van der Waals surface area contributed by atoms with E-state index in [1.807, 2.05) is 54.7 Å². The maximum absolute atomic E-state index is 12.6. The molecule has 4 N–H and O–H groups in total. The highest BCUT2D eigenvalue weighted by molar-refractivity contribution is 5.95. The molecule has 1 saturated heterocycles. The second-order valence-corrected chi connectivity index (χ2v) is 19.3. The molecule has 0 radical (unpaired) electrons. The number of allylic oxidation sites excluding steroid dienone is 3. The largest absolute Gasteiger partial charge is 0.493 e. The van der Waals surface area contributed by atoms with Crippen molar-refractivity contribution in [2.75, 3.05) is 6.54 Å². The molecule has 3 aliphatic rings. The molecule has 0 aromatic carbocycles. The van der Waals surface area contributed by atoms with Crippen LogP contribution in [0.2, 0.25) is 0 Å². The molecule has 2 aliphatic carbocycles. The summed E-state index contributed by atoms with van der Waals surface area (Å²) in [5, 5.41) is 17.3. The number of unbranched alkanes of at least 4 members (excludes halogenated alkanes) is 1. The van der Waals surface area contributed by atoms with Crippen LogP contribution in [0.25, 0.3) is 0 Å². The standard InChI is InChI=1S/C16H23N5O.C11H22.C8H15N.C7H14O.C6H11NO.C4H10/c1-11-17-10-13(19-11)15(12-6-4-3-5-7-12)20-16(22)14-8-9-18-21(14)2;1-4-6-11(7-8-11)9-10(3)5-2;1-5-6(2)7(3)8(4)9;1-6(2)8-7(3,4)5;1-5-2-3-6(8)7-4-5;1-3-4-2/h8-10,12,15H,3-7H2,1-2H3,(H,17,19)(H,20,22);10H,4-9H2,1-3H3;9H,5H2,1-4H3;1H2,2-5H3;5H,2-4H2,1H3,(H,7,8);3-4H2,1-2H3. The lowest BCUT2D eigenvalue weighted by Gasteiger charge is -2.30. The number of nitrogens with one attached hydrogen (secondary N) is 4. The molecule has 62 heavy (non-hydrogen) atoms. The number of aryl methyl sites for hydroxylation is 2. The lowest BCUT2D eigenvalue weighted by molar-refractivity contribution is -0.122. The lowest BCUT2D eigenvalue weighted by Crippen LogP contribution is -2.35. The van der Waals surface area contributed by atoms with E-state index in [1.165, 1.54) is 76.2 Å². The van der Waals surface area contributed by atoms with Gasteiger partial charge in [0.05, 0.1) is 23.7 Å². The topological polar surface area (TPSA) is 138 Å². The maximum atomic E-state index is 12.6. The average Bonchev–Trinajstić information content (AvgIpc) is 3.59. The van der Waals surface area contributed by atoms with Gasteiger partial charge in [-0.25, -0.2) is 4.98 Å². The van der Waals surface area contributed by atoms with Gasteiger partial charge in [0, 0.05) is 31.9 Å². The highest BCUT2D eigenvalue weighted by Gasteiger charge is 2.41. The molecule has 2 amide bonds. The summed E-state index contributed by atoms with van der Waals surface area (Å²) in [4.78, 5) is 30.6. The molecule has 3 unspecified atom stereocenters. The van der Waals surface area contributed by atoms with E-state index in [2.05, 4.69) is 87.7 Å². The third-order valence-corrected chi connectivity index (χ3v) is 12.0. The number of aromatic nitrogens is 4. The monoisotopic (exact) mass is 866 g/mol. The molecule has 0 spiro atoms. The second-order valence-electron chi connectivity index (χ2n) is 19.3. The van der Waals surface area contributed by atoms with Crippen LogP contribution in [0.3, 0.4) is 0 Å². The molecule has 2 saturated carbocycles. The van der Waals surface area contributed by atoms with Crippen LogP contribution in [0.15, 0.2) is 41.9 Å². The van der Waals surface area contributed by atoms with E-state index in [-0.39, 0.29) is 23.5 Å². The first-order valence-corrected chi connectivity index (χ1v) is 24.2. The Morgan fingerprint density at radius 3 is 1.98 bits per heavy atom. The number of carbonyl (C=O) groups is 2. The molecule has 10 nitrogen and oxygen atoms in total. The van der Waals surface area contributed by atoms with E-state index in [4.69, 9.17) is 10.1 Å². The summed E-state index contributed by atoms with van der Waals surface area (Å²) in [6.45, 7) is 35.8. The molecule has 3 fully saturated rings. The van der Waals surface area contributed by atoms with Crippen LogP contribution in [-0.2, 0) is 16.6 Å². The number of hydrogen-bond donors (Lipinski definition) is 4. The first-order chi connectivity index (χ1) is 29.1. The summed E-state index contributed by atoms with van der Waals surface area (Å²) >= 11 is 0. The summed E-state index contributed by atoms with van der Waals surface area (Å²) in [5.74, 6) is 3.90. The zero-order chi connectivity index (χ0) is 47.5. The first-order valence-electron chi connectivity index (χ1n) is 24.2. The lowest BCUT2D eigenvalue weighted by atomic mass is 9.82. The summed E-state index contributed by atoms with van der Waals surface area (Å²) in [6.07, 6.45) is 23.8. The number of H-pyrrole nitrogens is 1. The van der Waals surface area contributed by atoms with Crippen molar-refractivity contribution in [2.45, 2.75) is 218 Å². The van der Waals surface area contributed by atoms with E-state index in [0.29, 0.717) is 23.2 Å². The fraction of sp³-hybridized carbons (Fsp3) is 0.750. The SMILES string of the molecule is C=C(C)OC(C)(C)C.CC1CCC(=O)NC1.CCC(C)=C(C)C(C)=N.CCCC.CCCC1(CC(C)CC)CC1.Cc1ncc(C(NC(=O)c2ccnn2C)C2CCCCC2)[nH]1. The van der Waals surface area contributed by atoms with Gasteiger partial charge in [0.1, 0.15) is 17.1 Å². The van der Waals surface area contributed by atoms with Gasteiger partial charge in [-0.05, 0) is 142 Å². The third kappa shape index (κ3) is 26.1. The molecule has 10 heteroatoms. The highest BCUT2D eigenvalue weighted by Crippen LogP contribution is 2.54. The number of ether oxygens (including phenoxy) is 1. The molecule has 3 heterocycles. The van der Waals surface area contributed by atoms with Gasteiger partial charge >= 0.3 is 0 Å². The van der Waals surface area contributed by atoms with E-state index in [0.717, 1.165) is 72.8 Å². The van der Waals surface area contributed by atoms with Crippen molar-refractivity contribution in [3.8, 4) is 0 Å². The van der Waals surface area contributed by atoms with Gasteiger partial charge in [-0.3, -0.25) is 14.3 Å². The Hall–Kier alpha value is -3.69. The Balaban J connectivity index is 0.000000791. The number of carbonyl (C=O) groups excluding carboxylic acids is 2. The Kier molecular flexibility index (Phi) is 29.3. The number of amides is 2. The molecular weight excluding hydrogens is 771 g/mol. The van der Waals surface area contributed by atoms with Crippen molar-refractivity contribution in [3.05, 3.63) is 59.2 Å². The second kappa shape index (κ2) is 31.2. The smallest absolute Gasteiger partial charge is 0.270 e. The summed E-state index contributed by atoms with van der Waals surface area (Å²) in [7, 11) is 1.78. The van der Waals surface area contributed by atoms with E-state index < -0.39 is 0 Å². The normalized spacial score (nSPS) is 17.9. The third-order valence-electron chi connectivity index (χ3n) is 12.0. The van der Waals surface area contributed by atoms with Gasteiger partial charge in [-0.15, -0.1) is 0 Å². The van der Waals surface area contributed by atoms with Crippen molar-refractivity contribution in [2.24, 2.45) is 30.2 Å². The van der Waals surface area contributed by atoms with Gasteiger partial charge in [0.15, 0.2) is 0 Å². The predicted octanol–water partition coefficient (Wildman–Crippen LogP) is 14.0. The fourth-order valence-corrected chi connectivity index (χ4v) is 7.44. The minimum Gasteiger partial charge on any atom is -0.493 e. The summed E-state index contributed by atoms with van der Waals surface area (Å²) < 4.78 is 6.85. The Bertz CT molecular complexity index is 1570. The van der Waals surface area contributed by atoms with Crippen molar-refractivity contribution in [3.63, 3.8) is 0 Å². The zero-order valence-corrected chi connectivity index (χ0v) is 42.8. The number of imidazole rings is 1. The van der Waals surface area contributed by atoms with E-state index in [9.17, 15) is 9.59 Å². The molecule has 1 aliphatic heterocycles. The van der Waals surface area contributed by atoms with Crippen LogP contribution in [0.4, 0.5) is 0 Å². The van der Waals surface area contributed by atoms with Crippen LogP contribution < -0.4 is 10.6 Å².